The maximum Gasteiger partial charge on any atom is 0.305 e. The van der Waals surface area contributed by atoms with Gasteiger partial charge in [0.05, 0.1) is 25.4 Å². The number of hydrogen-bond donors (Lipinski definition) is 3. The molecule has 0 aliphatic heterocycles. The maximum atomic E-state index is 12.5. The second-order valence-corrected chi connectivity index (χ2v) is 22.8. The van der Waals surface area contributed by atoms with E-state index in [4.69, 9.17) is 4.74 Å². The summed E-state index contributed by atoms with van der Waals surface area (Å²) >= 11 is 0. The number of aliphatic hydroxyl groups excluding tert-OH is 2. The minimum atomic E-state index is -0.847. The smallest absolute Gasteiger partial charge is 0.305 e. The Morgan fingerprint density at radius 2 is 0.676 bits per heavy atom. The molecule has 2 atom stereocenters. The molecule has 0 aliphatic rings. The molecule has 6 nitrogen and oxygen atoms in total. The largest absolute Gasteiger partial charge is 0.466 e. The zero-order valence-electron chi connectivity index (χ0n) is 49.8. The van der Waals surface area contributed by atoms with Gasteiger partial charge in [0.2, 0.25) is 5.91 Å². The summed E-state index contributed by atoms with van der Waals surface area (Å²) < 4.78 is 5.48. The number of aliphatic hydroxyl groups is 2. The highest BCUT2D eigenvalue weighted by molar-refractivity contribution is 5.76. The summed E-state index contributed by atoms with van der Waals surface area (Å²) in [6.07, 6.45) is 80.5. The minimum absolute atomic E-state index is 0.00223. The van der Waals surface area contributed by atoms with Crippen LogP contribution in [0.5, 0.6) is 0 Å². The number of unbranched alkanes of at least 4 members (excludes halogenated alkanes) is 47. The van der Waals surface area contributed by atoms with Crippen LogP contribution in [0.1, 0.15) is 361 Å². The summed E-state index contributed by atoms with van der Waals surface area (Å²) in [6, 6.07) is -0.630. The monoisotopic (exact) mass is 1040 g/mol. The van der Waals surface area contributed by atoms with Crippen molar-refractivity contribution in [3.8, 4) is 0 Å². The lowest BCUT2D eigenvalue weighted by molar-refractivity contribution is -0.143. The van der Waals surface area contributed by atoms with Crippen molar-refractivity contribution in [1.82, 2.24) is 5.32 Å². The lowest BCUT2D eigenvalue weighted by atomic mass is 10.0. The molecule has 0 aromatic carbocycles. The van der Waals surface area contributed by atoms with Gasteiger partial charge in [0, 0.05) is 12.8 Å². The molecule has 3 N–H and O–H groups in total. The van der Waals surface area contributed by atoms with Crippen molar-refractivity contribution in [2.75, 3.05) is 13.2 Å². The molecule has 0 aromatic rings. The van der Waals surface area contributed by atoms with Crippen LogP contribution in [0.15, 0.2) is 36.5 Å². The fourth-order valence-corrected chi connectivity index (χ4v) is 10.3. The molecule has 0 fully saturated rings. The highest BCUT2D eigenvalue weighted by Crippen LogP contribution is 2.18. The molecule has 0 spiro atoms. The van der Waals surface area contributed by atoms with E-state index in [1.807, 2.05) is 6.08 Å². The fraction of sp³-hybridized carbons (Fsp3) is 0.882. The number of nitrogens with one attached hydrogen (secondary N) is 1. The predicted octanol–water partition coefficient (Wildman–Crippen LogP) is 21.1. The van der Waals surface area contributed by atoms with Crippen LogP contribution in [0.4, 0.5) is 0 Å². The van der Waals surface area contributed by atoms with Gasteiger partial charge in [-0.15, -0.1) is 0 Å². The van der Waals surface area contributed by atoms with Gasteiger partial charge >= 0.3 is 5.97 Å². The topological polar surface area (TPSA) is 95.9 Å². The molecule has 436 valence electrons. The molecular weight excluding hydrogens is 911 g/mol. The number of rotatable bonds is 62. The third-order valence-electron chi connectivity index (χ3n) is 15.4. The van der Waals surface area contributed by atoms with E-state index in [-0.39, 0.29) is 18.5 Å². The van der Waals surface area contributed by atoms with Crippen LogP contribution >= 0.6 is 0 Å². The number of esters is 1. The first-order valence-corrected chi connectivity index (χ1v) is 33.3. The zero-order chi connectivity index (χ0) is 53.6. The fourth-order valence-electron chi connectivity index (χ4n) is 10.3. The van der Waals surface area contributed by atoms with E-state index in [1.165, 1.54) is 283 Å². The number of amides is 1. The number of allylic oxidation sites excluding steroid dienone is 5. The zero-order valence-corrected chi connectivity index (χ0v) is 49.8. The van der Waals surface area contributed by atoms with Crippen LogP contribution in [0.3, 0.4) is 0 Å². The Balaban J connectivity index is 3.42. The molecule has 0 saturated heterocycles. The van der Waals surface area contributed by atoms with E-state index in [0.29, 0.717) is 19.4 Å². The summed E-state index contributed by atoms with van der Waals surface area (Å²) in [4.78, 5) is 24.6. The molecule has 1 amide bonds. The van der Waals surface area contributed by atoms with Crippen LogP contribution in [0.2, 0.25) is 0 Å². The molecule has 0 rings (SSSR count). The SMILES string of the molecule is CCCCC/C=C\C/C=C\CCCCCCCC(=O)OCCCCCCCCCCCCCCCCCCCCCCCC(=O)NC(CO)C(O)/C=C/CCCCCCCCCCCCCCCCCCCCC. The van der Waals surface area contributed by atoms with Crippen molar-refractivity contribution in [2.45, 2.75) is 373 Å². The van der Waals surface area contributed by atoms with Crippen molar-refractivity contribution < 1.29 is 24.5 Å². The second kappa shape index (κ2) is 63.6. The van der Waals surface area contributed by atoms with Crippen molar-refractivity contribution in [3.63, 3.8) is 0 Å². The first-order chi connectivity index (χ1) is 36.5. The molecular formula is C68H129NO5. The van der Waals surface area contributed by atoms with E-state index in [1.54, 1.807) is 6.08 Å². The van der Waals surface area contributed by atoms with Crippen molar-refractivity contribution in [2.24, 2.45) is 0 Å². The standard InChI is InChI=1S/C68H129NO5/c1-3-5-7-9-11-13-15-17-19-20-21-23-26-29-33-36-40-44-48-52-56-60-66(71)65(64-70)69-67(72)61-57-53-49-45-41-37-34-30-27-24-22-25-28-31-35-39-43-47-51-55-59-63-74-68(73)62-58-54-50-46-42-38-32-18-16-14-12-10-8-6-4-2/h12,14,18,32,56,60,65-66,70-71H,3-11,13,15-17,19-31,33-55,57-59,61-64H2,1-2H3,(H,69,72)/b14-12-,32-18-,60-56+. The highest BCUT2D eigenvalue weighted by Gasteiger charge is 2.18. The van der Waals surface area contributed by atoms with E-state index in [0.717, 1.165) is 51.4 Å². The average molecular weight is 1040 g/mol. The normalized spacial score (nSPS) is 12.8. The van der Waals surface area contributed by atoms with Gasteiger partial charge in [0.15, 0.2) is 0 Å². The third kappa shape index (κ3) is 59.3. The molecule has 0 aliphatic carbocycles. The molecule has 0 saturated carbocycles. The van der Waals surface area contributed by atoms with Gasteiger partial charge in [-0.05, 0) is 64.2 Å². The Morgan fingerprint density at radius 1 is 0.378 bits per heavy atom. The van der Waals surface area contributed by atoms with Gasteiger partial charge in [0.25, 0.3) is 0 Å². The molecule has 6 heteroatoms. The average Bonchev–Trinajstić information content (AvgIpc) is 3.40. The van der Waals surface area contributed by atoms with E-state index >= 15 is 0 Å². The molecule has 0 heterocycles. The summed E-state index contributed by atoms with van der Waals surface area (Å²) in [5.41, 5.74) is 0. The van der Waals surface area contributed by atoms with E-state index < -0.39 is 12.1 Å². The maximum absolute atomic E-state index is 12.5. The summed E-state index contributed by atoms with van der Waals surface area (Å²) in [5.74, 6) is -0.0683. The third-order valence-corrected chi connectivity index (χ3v) is 15.4. The molecule has 74 heavy (non-hydrogen) atoms. The summed E-state index contributed by atoms with van der Waals surface area (Å²) in [7, 11) is 0. The number of carbonyl (C=O) groups is 2. The van der Waals surface area contributed by atoms with E-state index in [9.17, 15) is 19.8 Å². The van der Waals surface area contributed by atoms with Gasteiger partial charge in [-0.2, -0.15) is 0 Å². The number of carbonyl (C=O) groups excluding carboxylic acids is 2. The van der Waals surface area contributed by atoms with Crippen molar-refractivity contribution >= 4 is 11.9 Å². The summed E-state index contributed by atoms with van der Waals surface area (Å²) in [6.45, 7) is 4.90. The number of hydrogen-bond acceptors (Lipinski definition) is 5. The first-order valence-electron chi connectivity index (χ1n) is 33.3. The van der Waals surface area contributed by atoms with Crippen molar-refractivity contribution in [1.29, 1.82) is 0 Å². The quantitative estimate of drug-likeness (QED) is 0.0320. The molecule has 0 radical (unpaired) electrons. The van der Waals surface area contributed by atoms with Crippen LogP contribution in [0, 0.1) is 0 Å². The van der Waals surface area contributed by atoms with E-state index in [2.05, 4.69) is 43.5 Å². The molecule has 2 unspecified atom stereocenters. The van der Waals surface area contributed by atoms with Crippen molar-refractivity contribution in [3.05, 3.63) is 36.5 Å². The lowest BCUT2D eigenvalue weighted by Crippen LogP contribution is -2.45. The van der Waals surface area contributed by atoms with Crippen LogP contribution in [-0.4, -0.2) is 47.4 Å². The first kappa shape index (κ1) is 72.1. The Hall–Kier alpha value is -1.92. The van der Waals surface area contributed by atoms with Gasteiger partial charge < -0.3 is 20.3 Å². The van der Waals surface area contributed by atoms with Gasteiger partial charge in [-0.3, -0.25) is 9.59 Å². The van der Waals surface area contributed by atoms with Crippen LogP contribution in [-0.2, 0) is 14.3 Å². The minimum Gasteiger partial charge on any atom is -0.466 e. The highest BCUT2D eigenvalue weighted by atomic mass is 16.5. The Morgan fingerprint density at radius 3 is 1.05 bits per heavy atom. The predicted molar refractivity (Wildman–Crippen MR) is 324 cm³/mol. The van der Waals surface area contributed by atoms with Crippen LogP contribution < -0.4 is 5.32 Å². The Kier molecular flexibility index (Phi) is 62.0. The second-order valence-electron chi connectivity index (χ2n) is 22.8. The van der Waals surface area contributed by atoms with Gasteiger partial charge in [-0.1, -0.05) is 320 Å². The van der Waals surface area contributed by atoms with Gasteiger partial charge in [0.1, 0.15) is 0 Å². The summed E-state index contributed by atoms with van der Waals surface area (Å²) in [5, 5.41) is 23.2. The Bertz CT molecular complexity index is 1200. The molecule has 0 bridgehead atoms. The lowest BCUT2D eigenvalue weighted by Gasteiger charge is -2.20. The van der Waals surface area contributed by atoms with Crippen LogP contribution in [0.25, 0.3) is 0 Å². The number of ether oxygens (including phenoxy) is 1. The molecule has 0 aromatic heterocycles. The van der Waals surface area contributed by atoms with Gasteiger partial charge in [-0.25, -0.2) is 0 Å². The Labute approximate surface area is 462 Å².